The van der Waals surface area contributed by atoms with E-state index in [9.17, 15) is 24.3 Å². The number of nitrogens with zero attached hydrogens (tertiary/aromatic N) is 6. The number of tetrazole rings is 1. The number of aromatic amines is 1. The van der Waals surface area contributed by atoms with E-state index in [-0.39, 0.29) is 34.1 Å². The first kappa shape index (κ1) is 25.9. The highest BCUT2D eigenvalue weighted by Gasteiger charge is 2.54. The molecule has 4 heterocycles. The largest absolute Gasteiger partial charge is 0.477 e. The maximum atomic E-state index is 13.3. The highest BCUT2D eigenvalue weighted by molar-refractivity contribution is 8.01. The summed E-state index contributed by atoms with van der Waals surface area (Å²) in [4.78, 5) is 60.0. The third kappa shape index (κ3) is 5.27. The Balaban J connectivity index is 1.31. The van der Waals surface area contributed by atoms with Crippen LogP contribution in [0.25, 0.3) is 0 Å². The Morgan fingerprint density at radius 3 is 3.00 bits per heavy atom. The molecule has 0 radical (unpaired) electrons. The van der Waals surface area contributed by atoms with Crippen LogP contribution in [0.5, 0.6) is 0 Å². The number of thioether (sulfide) groups is 2. The standard InChI is InChI=1S/C20H19N9O6S3/c30-8-21-19-22-11(7-38-19)12(26-35-10-3-1-2-4-10)15(31)23-13-16(32)29-14(18(33)34)9(5-36-17(13)29)6-37-20-24-27-28-25-20/h1,3,7-8,10,13,17H,2,4-6H2,(H,23,31)(H,33,34)(H,21,22,30)(H,24,25,27,28)/t10?,13?,17-/m1/s1. The molecular formula is C20H19N9O6S3. The molecule has 15 nitrogen and oxygen atoms in total. The van der Waals surface area contributed by atoms with Gasteiger partial charge in [-0.2, -0.15) is 5.21 Å². The van der Waals surface area contributed by atoms with Crippen molar-refractivity contribution in [1.29, 1.82) is 0 Å². The summed E-state index contributed by atoms with van der Waals surface area (Å²) in [5.74, 6) is -1.93. The predicted octanol–water partition coefficient (Wildman–Crippen LogP) is 0.195. The number of aromatic nitrogens is 5. The fraction of sp³-hybridized carbons (Fsp3) is 0.350. The third-order valence-corrected chi connectivity index (χ3v) is 8.67. The lowest BCUT2D eigenvalue weighted by atomic mass is 10.0. The van der Waals surface area contributed by atoms with Gasteiger partial charge in [-0.1, -0.05) is 23.0 Å². The summed E-state index contributed by atoms with van der Waals surface area (Å²) < 4.78 is 0. The Labute approximate surface area is 226 Å². The molecule has 198 valence electrons. The summed E-state index contributed by atoms with van der Waals surface area (Å²) in [6.45, 7) is 0. The van der Waals surface area contributed by atoms with Gasteiger partial charge in [0.25, 0.3) is 11.8 Å². The Kier molecular flexibility index (Phi) is 7.70. The molecule has 3 atom stereocenters. The Morgan fingerprint density at radius 1 is 1.42 bits per heavy atom. The second-order valence-electron chi connectivity index (χ2n) is 7.99. The zero-order valence-corrected chi connectivity index (χ0v) is 21.7. The quantitative estimate of drug-likeness (QED) is 0.0706. The molecule has 1 fully saturated rings. The number of thiazole rings is 1. The molecule has 0 spiro atoms. The van der Waals surface area contributed by atoms with Crippen molar-refractivity contribution in [3.63, 3.8) is 0 Å². The average Bonchev–Trinajstić information content (AvgIpc) is 3.69. The highest BCUT2D eigenvalue weighted by atomic mass is 32.2. The summed E-state index contributed by atoms with van der Waals surface area (Å²) in [5, 5.41) is 33.9. The number of oxime groups is 1. The summed E-state index contributed by atoms with van der Waals surface area (Å²) in [5.41, 5.74) is 0.406. The van der Waals surface area contributed by atoms with Crippen LogP contribution in [0.3, 0.4) is 0 Å². The molecule has 3 amide bonds. The topological polar surface area (TPSA) is 205 Å². The van der Waals surface area contributed by atoms with Crippen molar-refractivity contribution < 1.29 is 29.1 Å². The van der Waals surface area contributed by atoms with Crippen LogP contribution in [0.15, 0.2) is 39.1 Å². The number of nitrogens with one attached hydrogen (secondary N) is 3. The molecule has 38 heavy (non-hydrogen) atoms. The molecule has 3 aliphatic rings. The molecule has 0 aromatic carbocycles. The van der Waals surface area contributed by atoms with Crippen LogP contribution in [-0.4, -0.2) is 94.5 Å². The zero-order valence-electron chi connectivity index (χ0n) is 19.3. The Hall–Kier alpha value is -3.77. The van der Waals surface area contributed by atoms with E-state index in [1.54, 1.807) is 0 Å². The van der Waals surface area contributed by atoms with Gasteiger partial charge >= 0.3 is 5.97 Å². The number of hydrogen-bond donors (Lipinski definition) is 4. The SMILES string of the molecule is O=CNc1nc(C(=NOC2C=CCC2)C(=O)NC2C(=O)N3C(C(=O)O)=C(CSc4nn[nH]n4)CS[C@H]23)cs1. The number of β-lactam (4-membered cyclic amide) rings is 1. The predicted molar refractivity (Wildman–Crippen MR) is 136 cm³/mol. The van der Waals surface area contributed by atoms with Crippen molar-refractivity contribution >= 4 is 69.9 Å². The molecule has 1 saturated heterocycles. The average molecular weight is 578 g/mol. The number of carbonyl (C=O) groups excluding carboxylic acids is 3. The molecule has 2 aromatic rings. The van der Waals surface area contributed by atoms with E-state index in [2.05, 4.69) is 41.4 Å². The highest BCUT2D eigenvalue weighted by Crippen LogP contribution is 2.41. The number of anilines is 1. The number of carboxylic acids is 1. The summed E-state index contributed by atoms with van der Waals surface area (Å²) in [7, 11) is 0. The second-order valence-corrected chi connectivity index (χ2v) is 10.9. The van der Waals surface area contributed by atoms with Crippen molar-refractivity contribution in [2.45, 2.75) is 35.5 Å². The zero-order chi connectivity index (χ0) is 26.6. The van der Waals surface area contributed by atoms with Gasteiger partial charge in [0.05, 0.1) is 0 Å². The van der Waals surface area contributed by atoms with Crippen molar-refractivity contribution in [3.05, 3.63) is 34.5 Å². The van der Waals surface area contributed by atoms with Crippen molar-refractivity contribution in [2.75, 3.05) is 16.8 Å². The molecule has 18 heteroatoms. The number of allylic oxidation sites excluding steroid dienone is 1. The van der Waals surface area contributed by atoms with E-state index < -0.39 is 29.2 Å². The third-order valence-electron chi connectivity index (χ3n) is 5.63. The molecule has 5 rings (SSSR count). The van der Waals surface area contributed by atoms with Gasteiger partial charge in [-0.25, -0.2) is 9.78 Å². The van der Waals surface area contributed by atoms with Gasteiger partial charge in [0.2, 0.25) is 11.6 Å². The van der Waals surface area contributed by atoms with Gasteiger partial charge in [-0.15, -0.1) is 33.3 Å². The second kappa shape index (κ2) is 11.3. The molecule has 2 unspecified atom stereocenters. The Bertz CT molecular complexity index is 1340. The van der Waals surface area contributed by atoms with Gasteiger partial charge in [-0.05, 0) is 29.7 Å². The lowest BCUT2D eigenvalue weighted by molar-refractivity contribution is -0.150. The van der Waals surface area contributed by atoms with Gasteiger partial charge < -0.3 is 20.6 Å². The summed E-state index contributed by atoms with van der Waals surface area (Å²) in [6.07, 6.45) is 5.47. The van der Waals surface area contributed by atoms with Crippen molar-refractivity contribution in [2.24, 2.45) is 5.16 Å². The van der Waals surface area contributed by atoms with Gasteiger partial charge in [0.15, 0.2) is 10.8 Å². The summed E-state index contributed by atoms with van der Waals surface area (Å²) in [6, 6.07) is -0.976. The molecule has 1 aliphatic carbocycles. The normalized spacial score (nSPS) is 22.6. The monoisotopic (exact) mass is 577 g/mol. The van der Waals surface area contributed by atoms with E-state index in [0.29, 0.717) is 29.3 Å². The van der Waals surface area contributed by atoms with E-state index in [1.165, 1.54) is 33.8 Å². The minimum Gasteiger partial charge on any atom is -0.477 e. The number of aliphatic carboxylic acids is 1. The first-order valence-electron chi connectivity index (χ1n) is 11.1. The maximum Gasteiger partial charge on any atom is 0.352 e. The van der Waals surface area contributed by atoms with Gasteiger partial charge in [0, 0.05) is 16.9 Å². The van der Waals surface area contributed by atoms with Crippen LogP contribution in [-0.2, 0) is 24.0 Å². The van der Waals surface area contributed by atoms with Crippen LogP contribution >= 0.6 is 34.9 Å². The molecule has 2 aliphatic heterocycles. The number of rotatable bonds is 11. The van der Waals surface area contributed by atoms with Gasteiger partial charge in [-0.3, -0.25) is 19.3 Å². The molecule has 0 saturated carbocycles. The minimum absolute atomic E-state index is 0.116. The minimum atomic E-state index is -1.24. The lowest BCUT2D eigenvalue weighted by Gasteiger charge is -2.49. The number of carboxylic acid groups (broad SMARTS) is 1. The van der Waals surface area contributed by atoms with Crippen LogP contribution in [0.2, 0.25) is 0 Å². The number of carbonyl (C=O) groups is 4. The molecular weight excluding hydrogens is 558 g/mol. The Morgan fingerprint density at radius 2 is 2.29 bits per heavy atom. The fourth-order valence-corrected chi connectivity index (χ4v) is 6.76. The van der Waals surface area contributed by atoms with Crippen LogP contribution in [0.1, 0.15) is 18.5 Å². The lowest BCUT2D eigenvalue weighted by Crippen LogP contribution is -2.71. The van der Waals surface area contributed by atoms with E-state index in [1.807, 2.05) is 12.2 Å². The molecule has 0 bridgehead atoms. The van der Waals surface area contributed by atoms with Crippen molar-refractivity contribution in [1.82, 2.24) is 35.8 Å². The smallest absolute Gasteiger partial charge is 0.352 e. The summed E-state index contributed by atoms with van der Waals surface area (Å²) >= 11 is 3.62. The first-order valence-corrected chi connectivity index (χ1v) is 14.0. The van der Waals surface area contributed by atoms with Gasteiger partial charge in [0.1, 0.15) is 28.9 Å². The van der Waals surface area contributed by atoms with Crippen LogP contribution < -0.4 is 10.6 Å². The number of H-pyrrole nitrogens is 1. The van der Waals surface area contributed by atoms with E-state index in [0.717, 1.165) is 17.8 Å². The number of amides is 3. The number of fused-ring (bicyclic) bond motifs is 1. The molecule has 4 N–H and O–H groups in total. The number of hydrogen-bond acceptors (Lipinski definition) is 13. The fourth-order valence-electron chi connectivity index (χ4n) is 3.89. The van der Waals surface area contributed by atoms with E-state index in [4.69, 9.17) is 4.84 Å². The molecule has 2 aromatic heterocycles. The van der Waals surface area contributed by atoms with Crippen LogP contribution in [0, 0.1) is 0 Å². The van der Waals surface area contributed by atoms with Crippen molar-refractivity contribution in [3.8, 4) is 0 Å². The first-order chi connectivity index (χ1) is 18.5. The maximum absolute atomic E-state index is 13.3. The van der Waals surface area contributed by atoms with E-state index >= 15 is 0 Å². The van der Waals surface area contributed by atoms with Crippen LogP contribution in [0.4, 0.5) is 5.13 Å².